The van der Waals surface area contributed by atoms with Crippen molar-refractivity contribution >= 4 is 0 Å². The predicted molar refractivity (Wildman–Crippen MR) is 83.0 cm³/mol. The molecule has 120 valence electrons. The van der Waals surface area contributed by atoms with Crippen molar-refractivity contribution < 1.29 is 9.84 Å². The van der Waals surface area contributed by atoms with Crippen molar-refractivity contribution in [2.75, 3.05) is 0 Å². The van der Waals surface area contributed by atoms with Crippen LogP contribution in [0.3, 0.4) is 0 Å². The van der Waals surface area contributed by atoms with Gasteiger partial charge in [-0.25, -0.2) is 23.5 Å². The van der Waals surface area contributed by atoms with Crippen LogP contribution in [0.5, 0.6) is 11.5 Å². The van der Waals surface area contributed by atoms with Crippen molar-refractivity contribution in [3.05, 3.63) is 56.4 Å². The molecule has 3 heterocycles. The Bertz CT molecular complexity index is 974. The van der Waals surface area contributed by atoms with Gasteiger partial charge in [-0.2, -0.15) is 0 Å². The number of ether oxygens (including phenoxy) is 1. The number of allylic oxidation sites excluding steroid dienone is 1. The molecule has 1 N–H and O–H groups in total. The van der Waals surface area contributed by atoms with Crippen molar-refractivity contribution in [2.24, 2.45) is 7.05 Å². The Kier molecular flexibility index (Phi) is 2.53. The van der Waals surface area contributed by atoms with Gasteiger partial charge in [-0.3, -0.25) is 0 Å². The molecule has 2 aliphatic rings. The molecular weight excluding hydrogens is 298 g/mol. The first-order chi connectivity index (χ1) is 10.8. The number of rotatable bonds is 0. The zero-order valence-corrected chi connectivity index (χ0v) is 13.1. The lowest BCUT2D eigenvalue weighted by atomic mass is 9.83. The first-order valence-electron chi connectivity index (χ1n) is 7.42. The van der Waals surface area contributed by atoms with Gasteiger partial charge in [-0.1, -0.05) is 6.08 Å². The second-order valence-corrected chi connectivity index (χ2v) is 6.45. The first kappa shape index (κ1) is 13.9. The number of benzene rings is 1. The molecule has 0 radical (unpaired) electrons. The lowest BCUT2D eigenvalue weighted by molar-refractivity contribution is 0.113. The van der Waals surface area contributed by atoms with Gasteiger partial charge >= 0.3 is 11.4 Å². The number of aromatic hydroxyl groups is 1. The molecule has 1 aromatic heterocycles. The van der Waals surface area contributed by atoms with Crippen LogP contribution in [0.15, 0.2) is 39.4 Å². The van der Waals surface area contributed by atoms with Gasteiger partial charge < -0.3 is 9.84 Å². The Morgan fingerprint density at radius 1 is 1.26 bits per heavy atom. The summed E-state index contributed by atoms with van der Waals surface area (Å²) in [7, 11) is 1.48. The van der Waals surface area contributed by atoms with E-state index in [0.717, 1.165) is 15.7 Å². The number of hydrogen-bond donors (Lipinski definition) is 1. The maximum absolute atomic E-state index is 12.6. The monoisotopic (exact) mass is 315 g/mol. The maximum atomic E-state index is 12.6. The molecule has 0 amide bonds. The van der Waals surface area contributed by atoms with Crippen LogP contribution >= 0.6 is 0 Å². The molecule has 0 bridgehead atoms. The molecule has 2 aromatic rings. The van der Waals surface area contributed by atoms with E-state index in [1.54, 1.807) is 18.2 Å². The summed E-state index contributed by atoms with van der Waals surface area (Å²) in [6.45, 7) is 4.17. The van der Waals surface area contributed by atoms with E-state index in [0.29, 0.717) is 12.3 Å². The summed E-state index contributed by atoms with van der Waals surface area (Å²) in [6.07, 6.45) is 1.95. The SMILES string of the molecule is Cn1c(=O)n2n(c1=O)C1C(=CC2)C(C)(C)Oc2cc(O)ccc21. The molecular formula is C16H17N3O4. The molecule has 23 heavy (non-hydrogen) atoms. The number of fused-ring (bicyclic) bond motifs is 5. The van der Waals surface area contributed by atoms with Crippen molar-refractivity contribution in [1.29, 1.82) is 0 Å². The molecule has 0 saturated carbocycles. The molecule has 2 aliphatic heterocycles. The number of hydrogen-bond acceptors (Lipinski definition) is 4. The fourth-order valence-electron chi connectivity index (χ4n) is 3.49. The largest absolute Gasteiger partial charge is 0.508 e. The standard InChI is InChI=1S/C16H17N3O4/c1-16(2)11-6-7-18-14(21)17(3)15(22)19(18)13(11)10-5-4-9(20)8-12(10)23-16/h4-6,8,13,20H,7H2,1-3H3. The molecule has 0 saturated heterocycles. The van der Waals surface area contributed by atoms with E-state index in [2.05, 4.69) is 0 Å². The van der Waals surface area contributed by atoms with Crippen LogP contribution in [0.4, 0.5) is 0 Å². The Morgan fingerprint density at radius 3 is 2.74 bits per heavy atom. The van der Waals surface area contributed by atoms with Crippen LogP contribution < -0.4 is 16.1 Å². The summed E-state index contributed by atoms with van der Waals surface area (Å²) in [5.74, 6) is 0.620. The van der Waals surface area contributed by atoms with E-state index in [1.807, 2.05) is 19.9 Å². The molecule has 1 atom stereocenters. The lowest BCUT2D eigenvalue weighted by Crippen LogP contribution is -2.46. The third-order valence-electron chi connectivity index (χ3n) is 4.63. The lowest BCUT2D eigenvalue weighted by Gasteiger charge is -2.42. The zero-order valence-electron chi connectivity index (χ0n) is 13.1. The van der Waals surface area contributed by atoms with E-state index in [9.17, 15) is 14.7 Å². The van der Waals surface area contributed by atoms with Crippen LogP contribution in [-0.4, -0.2) is 24.6 Å². The smallest absolute Gasteiger partial charge is 0.347 e. The second kappa shape index (κ2) is 4.18. The van der Waals surface area contributed by atoms with Crippen molar-refractivity contribution in [2.45, 2.75) is 32.0 Å². The quantitative estimate of drug-likeness (QED) is 0.728. The summed E-state index contributed by atoms with van der Waals surface area (Å²) in [4.78, 5) is 24.8. The maximum Gasteiger partial charge on any atom is 0.347 e. The van der Waals surface area contributed by atoms with Crippen LogP contribution in [0.2, 0.25) is 0 Å². The van der Waals surface area contributed by atoms with Crippen LogP contribution in [0, 0.1) is 0 Å². The number of nitrogens with zero attached hydrogens (tertiary/aromatic N) is 3. The summed E-state index contributed by atoms with van der Waals surface area (Å²) in [5.41, 5.74) is 0.359. The van der Waals surface area contributed by atoms with Gasteiger partial charge in [-0.15, -0.1) is 0 Å². The highest BCUT2D eigenvalue weighted by Gasteiger charge is 2.43. The summed E-state index contributed by atoms with van der Waals surface area (Å²) in [5, 5.41) is 9.73. The Balaban J connectivity index is 2.07. The van der Waals surface area contributed by atoms with Crippen molar-refractivity contribution in [1.82, 2.24) is 13.9 Å². The fraction of sp³-hybridized carbons (Fsp3) is 0.375. The van der Waals surface area contributed by atoms with Gasteiger partial charge in [0.2, 0.25) is 0 Å². The number of phenols is 1. The van der Waals surface area contributed by atoms with E-state index in [4.69, 9.17) is 4.74 Å². The van der Waals surface area contributed by atoms with Crippen molar-refractivity contribution in [3.8, 4) is 11.5 Å². The molecule has 1 unspecified atom stereocenters. The fourth-order valence-corrected chi connectivity index (χ4v) is 3.49. The minimum absolute atomic E-state index is 0.0978. The van der Waals surface area contributed by atoms with Crippen molar-refractivity contribution in [3.63, 3.8) is 0 Å². The van der Waals surface area contributed by atoms with E-state index in [-0.39, 0.29) is 17.1 Å². The molecule has 0 spiro atoms. The highest BCUT2D eigenvalue weighted by Crippen LogP contribution is 2.46. The first-order valence-corrected chi connectivity index (χ1v) is 7.42. The Morgan fingerprint density at radius 2 is 2.00 bits per heavy atom. The second-order valence-electron chi connectivity index (χ2n) is 6.45. The summed E-state index contributed by atoms with van der Waals surface area (Å²) in [6, 6.07) is 4.42. The van der Waals surface area contributed by atoms with Crippen LogP contribution in [0.25, 0.3) is 0 Å². The van der Waals surface area contributed by atoms with Gasteiger partial charge in [0.15, 0.2) is 0 Å². The third-order valence-corrected chi connectivity index (χ3v) is 4.63. The topological polar surface area (TPSA) is 78.4 Å². The highest BCUT2D eigenvalue weighted by atomic mass is 16.5. The highest BCUT2D eigenvalue weighted by molar-refractivity contribution is 5.50. The van der Waals surface area contributed by atoms with Gasteiger partial charge in [0.25, 0.3) is 0 Å². The van der Waals surface area contributed by atoms with E-state index in [1.165, 1.54) is 16.4 Å². The van der Waals surface area contributed by atoms with Gasteiger partial charge in [0.1, 0.15) is 23.1 Å². The van der Waals surface area contributed by atoms with Crippen LogP contribution in [0.1, 0.15) is 25.5 Å². The predicted octanol–water partition coefficient (Wildman–Crippen LogP) is 0.754. The minimum atomic E-state index is -0.637. The van der Waals surface area contributed by atoms with Gasteiger partial charge in [0.05, 0.1) is 6.54 Å². The molecule has 0 fully saturated rings. The number of aromatic nitrogens is 3. The molecule has 4 rings (SSSR count). The number of phenolic OH excluding ortho intramolecular Hbond substituents is 1. The Labute approximate surface area is 131 Å². The zero-order chi connectivity index (χ0) is 16.5. The van der Waals surface area contributed by atoms with Gasteiger partial charge in [-0.05, 0) is 31.6 Å². The molecule has 0 aliphatic carbocycles. The minimum Gasteiger partial charge on any atom is -0.508 e. The van der Waals surface area contributed by atoms with Crippen LogP contribution in [-0.2, 0) is 13.6 Å². The normalized spacial score (nSPS) is 20.8. The molecule has 1 aromatic carbocycles. The molecule has 7 heteroatoms. The third kappa shape index (κ3) is 1.70. The molecule has 7 nitrogen and oxygen atoms in total. The van der Waals surface area contributed by atoms with E-state index < -0.39 is 11.6 Å². The summed E-state index contributed by atoms with van der Waals surface area (Å²) < 4.78 is 10.1. The van der Waals surface area contributed by atoms with Gasteiger partial charge in [0, 0.05) is 18.7 Å². The Hall–Kier alpha value is -2.70. The summed E-state index contributed by atoms with van der Waals surface area (Å²) >= 11 is 0. The average Bonchev–Trinajstić information content (AvgIpc) is 2.71. The van der Waals surface area contributed by atoms with E-state index >= 15 is 0 Å². The average molecular weight is 315 g/mol.